The van der Waals surface area contributed by atoms with Gasteiger partial charge in [-0.1, -0.05) is 0 Å². The van der Waals surface area contributed by atoms with Crippen LogP contribution in [0.5, 0.6) is 0 Å². The molecule has 1 saturated carbocycles. The van der Waals surface area contributed by atoms with Crippen LogP contribution >= 0.6 is 0 Å². The first-order valence-electron chi connectivity index (χ1n) is 4.79. The molecule has 0 amide bonds. The van der Waals surface area contributed by atoms with E-state index in [4.69, 9.17) is 5.73 Å². The van der Waals surface area contributed by atoms with Gasteiger partial charge in [-0.05, 0) is 19.8 Å². The van der Waals surface area contributed by atoms with E-state index >= 15 is 0 Å². The Balaban J connectivity index is 2.34. The molecule has 0 aliphatic heterocycles. The lowest BCUT2D eigenvalue weighted by Crippen LogP contribution is -2.19. The van der Waals surface area contributed by atoms with Gasteiger partial charge in [0.2, 0.25) is 0 Å². The Kier molecular flexibility index (Phi) is 1.32. The molecule has 14 heavy (non-hydrogen) atoms. The van der Waals surface area contributed by atoms with Crippen molar-refractivity contribution < 1.29 is 0 Å². The molecule has 2 N–H and O–H groups in total. The lowest BCUT2D eigenvalue weighted by Gasteiger charge is -2.03. The van der Waals surface area contributed by atoms with Gasteiger partial charge in [0.15, 0.2) is 0 Å². The van der Waals surface area contributed by atoms with Crippen molar-refractivity contribution in [3.05, 3.63) is 30.1 Å². The van der Waals surface area contributed by atoms with Crippen LogP contribution < -0.4 is 5.73 Å². The third kappa shape index (κ3) is 0.915. The summed E-state index contributed by atoms with van der Waals surface area (Å²) in [6, 6.07) is 0. The molecule has 0 spiro atoms. The Bertz CT molecular complexity index is 496. The van der Waals surface area contributed by atoms with Crippen LogP contribution in [0.15, 0.2) is 18.6 Å². The second-order valence-electron chi connectivity index (χ2n) is 4.00. The van der Waals surface area contributed by atoms with Gasteiger partial charge >= 0.3 is 0 Å². The Labute approximate surface area is 81.8 Å². The average molecular weight is 188 g/mol. The third-order valence-electron chi connectivity index (χ3n) is 2.88. The predicted octanol–water partition coefficient (Wildman–Crippen LogP) is 0.986. The van der Waals surface area contributed by atoms with Crippen molar-refractivity contribution in [1.29, 1.82) is 0 Å². The summed E-state index contributed by atoms with van der Waals surface area (Å²) in [4.78, 5) is 8.63. The molecule has 1 fully saturated rings. The zero-order valence-corrected chi connectivity index (χ0v) is 8.07. The zero-order chi connectivity index (χ0) is 9.76. The quantitative estimate of drug-likeness (QED) is 0.726. The van der Waals surface area contributed by atoms with E-state index < -0.39 is 0 Å². The molecule has 72 valence electrons. The van der Waals surface area contributed by atoms with Gasteiger partial charge in [0, 0.05) is 12.4 Å². The minimum absolute atomic E-state index is 0.178. The van der Waals surface area contributed by atoms with E-state index in [-0.39, 0.29) is 5.54 Å². The molecular formula is C10H12N4. The number of hydrogen-bond acceptors (Lipinski definition) is 3. The smallest absolute Gasteiger partial charge is 0.110 e. The van der Waals surface area contributed by atoms with Crippen LogP contribution in [0.3, 0.4) is 0 Å². The third-order valence-corrected chi connectivity index (χ3v) is 2.88. The van der Waals surface area contributed by atoms with E-state index in [2.05, 4.69) is 9.97 Å². The minimum atomic E-state index is -0.178. The molecule has 4 nitrogen and oxygen atoms in total. The molecule has 0 bridgehead atoms. The van der Waals surface area contributed by atoms with E-state index in [1.165, 1.54) is 0 Å². The monoisotopic (exact) mass is 188 g/mol. The second-order valence-corrected chi connectivity index (χ2v) is 4.00. The van der Waals surface area contributed by atoms with Crippen molar-refractivity contribution >= 4 is 5.52 Å². The molecule has 1 aliphatic carbocycles. The Morgan fingerprint density at radius 2 is 2.29 bits per heavy atom. The Morgan fingerprint density at radius 1 is 1.50 bits per heavy atom. The number of imidazole rings is 1. The van der Waals surface area contributed by atoms with Crippen LogP contribution in [0, 0.1) is 6.92 Å². The number of nitrogens with zero attached hydrogens (tertiary/aromatic N) is 3. The summed E-state index contributed by atoms with van der Waals surface area (Å²) in [5.74, 6) is 0.981. The summed E-state index contributed by atoms with van der Waals surface area (Å²) in [6.45, 7) is 1.99. The van der Waals surface area contributed by atoms with Gasteiger partial charge < -0.3 is 10.1 Å². The number of nitrogens with two attached hydrogens (primary N) is 1. The van der Waals surface area contributed by atoms with Crippen molar-refractivity contribution in [1.82, 2.24) is 14.4 Å². The summed E-state index contributed by atoms with van der Waals surface area (Å²) in [5, 5.41) is 0. The van der Waals surface area contributed by atoms with Gasteiger partial charge in [-0.3, -0.25) is 4.98 Å². The molecule has 2 aromatic rings. The van der Waals surface area contributed by atoms with Gasteiger partial charge in [0.25, 0.3) is 0 Å². The van der Waals surface area contributed by atoms with Crippen molar-refractivity contribution in [2.24, 2.45) is 5.73 Å². The molecule has 2 heterocycles. The first kappa shape index (κ1) is 7.94. The topological polar surface area (TPSA) is 56.2 Å². The maximum atomic E-state index is 6.14. The van der Waals surface area contributed by atoms with Gasteiger partial charge in [0.05, 0.1) is 22.9 Å². The van der Waals surface area contributed by atoms with Gasteiger partial charge in [-0.15, -0.1) is 0 Å². The number of rotatable bonds is 1. The van der Waals surface area contributed by atoms with Crippen molar-refractivity contribution in [2.45, 2.75) is 25.3 Å². The fraction of sp³-hybridized carbons (Fsp3) is 0.400. The van der Waals surface area contributed by atoms with Crippen LogP contribution in [0.2, 0.25) is 0 Å². The maximum absolute atomic E-state index is 6.14. The largest absolute Gasteiger partial charge is 0.320 e. The van der Waals surface area contributed by atoms with Gasteiger partial charge in [-0.25, -0.2) is 4.98 Å². The molecule has 4 heteroatoms. The van der Waals surface area contributed by atoms with E-state index in [1.54, 1.807) is 6.20 Å². The Hall–Kier alpha value is -1.42. The van der Waals surface area contributed by atoms with E-state index in [9.17, 15) is 0 Å². The highest BCUT2D eigenvalue weighted by Crippen LogP contribution is 2.43. The molecule has 0 radical (unpaired) electrons. The molecular weight excluding hydrogens is 176 g/mol. The van der Waals surface area contributed by atoms with Crippen LogP contribution in [0.4, 0.5) is 0 Å². The molecule has 1 aliphatic rings. The molecule has 2 aromatic heterocycles. The minimum Gasteiger partial charge on any atom is -0.320 e. The molecule has 0 saturated heterocycles. The fourth-order valence-corrected chi connectivity index (χ4v) is 1.83. The van der Waals surface area contributed by atoms with Gasteiger partial charge in [-0.2, -0.15) is 0 Å². The zero-order valence-electron chi connectivity index (χ0n) is 8.07. The fourth-order valence-electron chi connectivity index (χ4n) is 1.83. The van der Waals surface area contributed by atoms with Crippen molar-refractivity contribution in [3.63, 3.8) is 0 Å². The van der Waals surface area contributed by atoms with Crippen LogP contribution in [-0.4, -0.2) is 14.4 Å². The van der Waals surface area contributed by atoms with Crippen molar-refractivity contribution in [3.8, 4) is 0 Å². The summed E-state index contributed by atoms with van der Waals surface area (Å²) in [5.41, 5.74) is 8.01. The van der Waals surface area contributed by atoms with Gasteiger partial charge in [0.1, 0.15) is 5.82 Å². The number of hydrogen-bond donors (Lipinski definition) is 1. The van der Waals surface area contributed by atoms with E-state index in [1.807, 2.05) is 23.7 Å². The van der Waals surface area contributed by atoms with Crippen LogP contribution in [-0.2, 0) is 5.54 Å². The molecule has 0 aromatic carbocycles. The van der Waals surface area contributed by atoms with Crippen molar-refractivity contribution in [2.75, 3.05) is 0 Å². The maximum Gasteiger partial charge on any atom is 0.110 e. The lowest BCUT2D eigenvalue weighted by molar-refractivity contribution is 0.718. The lowest BCUT2D eigenvalue weighted by atomic mass is 10.2. The van der Waals surface area contributed by atoms with Crippen LogP contribution in [0.1, 0.15) is 24.4 Å². The highest BCUT2D eigenvalue weighted by Gasteiger charge is 2.43. The SMILES string of the molecule is Cc1nc(C2(N)CC2)c2cnccn12. The normalized spacial score (nSPS) is 18.7. The predicted molar refractivity (Wildman–Crippen MR) is 52.8 cm³/mol. The first-order valence-corrected chi connectivity index (χ1v) is 4.79. The summed E-state index contributed by atoms with van der Waals surface area (Å²) in [6.07, 6.45) is 7.60. The molecule has 0 atom stereocenters. The van der Waals surface area contributed by atoms with E-state index in [0.717, 1.165) is 29.9 Å². The summed E-state index contributed by atoms with van der Waals surface area (Å²) in [7, 11) is 0. The highest BCUT2D eigenvalue weighted by molar-refractivity contribution is 5.55. The average Bonchev–Trinajstić information content (AvgIpc) is 2.84. The Morgan fingerprint density at radius 3 is 3.00 bits per heavy atom. The number of aryl methyl sites for hydroxylation is 1. The summed E-state index contributed by atoms with van der Waals surface area (Å²) >= 11 is 0. The van der Waals surface area contributed by atoms with E-state index in [0.29, 0.717) is 0 Å². The second kappa shape index (κ2) is 2.33. The first-order chi connectivity index (χ1) is 6.71. The summed E-state index contributed by atoms with van der Waals surface area (Å²) < 4.78 is 2.04. The highest BCUT2D eigenvalue weighted by atomic mass is 15.1. The number of aromatic nitrogens is 3. The number of fused-ring (bicyclic) bond motifs is 1. The van der Waals surface area contributed by atoms with Crippen LogP contribution in [0.25, 0.3) is 5.52 Å². The molecule has 3 rings (SSSR count). The standard InChI is InChI=1S/C10H12N4/c1-7-13-9(10(11)2-3-10)8-6-12-4-5-14(7)8/h4-6H,2-3,11H2,1H3. The molecule has 0 unspecified atom stereocenters.